The molecule has 0 aromatic carbocycles. The normalized spacial score (nSPS) is 40.2. The standard InChI is InChI=1S/C9H15NO4/c1-2-3-10-4-6(11)8(13)9(14)7(12)5-10/h1,6-9,11-14H,3-5H2/t6-,7-,8+,9+/m0/s1. The zero-order chi connectivity index (χ0) is 10.7. The summed E-state index contributed by atoms with van der Waals surface area (Å²) in [4.78, 5) is 1.61. The predicted molar refractivity (Wildman–Crippen MR) is 49.3 cm³/mol. The van der Waals surface area contributed by atoms with Crippen molar-refractivity contribution in [3.63, 3.8) is 0 Å². The second kappa shape index (κ2) is 4.73. The SMILES string of the molecule is C#CCN1C[C@H](O)[C@@H](O)[C@H](O)[C@@H](O)C1. The van der Waals surface area contributed by atoms with Crippen LogP contribution < -0.4 is 0 Å². The summed E-state index contributed by atoms with van der Waals surface area (Å²) in [6.07, 6.45) is 0.263. The van der Waals surface area contributed by atoms with Crippen LogP contribution in [0.2, 0.25) is 0 Å². The van der Waals surface area contributed by atoms with E-state index < -0.39 is 24.4 Å². The van der Waals surface area contributed by atoms with Crippen LogP contribution in [-0.2, 0) is 0 Å². The number of likely N-dealkylation sites (tertiary alicyclic amines) is 1. The number of nitrogens with zero attached hydrogens (tertiary/aromatic N) is 1. The molecule has 4 N–H and O–H groups in total. The largest absolute Gasteiger partial charge is 0.389 e. The molecule has 1 aliphatic heterocycles. The van der Waals surface area contributed by atoms with Crippen LogP contribution in [0.1, 0.15) is 0 Å². The summed E-state index contributed by atoms with van der Waals surface area (Å²) in [5, 5.41) is 37.5. The van der Waals surface area contributed by atoms with Gasteiger partial charge in [-0.3, -0.25) is 4.90 Å². The first-order valence-corrected chi connectivity index (χ1v) is 4.44. The van der Waals surface area contributed by atoms with Crippen LogP contribution in [-0.4, -0.2) is 69.4 Å². The second-order valence-electron chi connectivity index (χ2n) is 3.51. The molecular formula is C9H15NO4. The van der Waals surface area contributed by atoms with E-state index in [4.69, 9.17) is 6.42 Å². The van der Waals surface area contributed by atoms with E-state index in [2.05, 4.69) is 5.92 Å². The summed E-state index contributed by atoms with van der Waals surface area (Å²) in [6, 6.07) is 0. The van der Waals surface area contributed by atoms with Gasteiger partial charge in [0.15, 0.2) is 0 Å². The fraction of sp³-hybridized carbons (Fsp3) is 0.778. The van der Waals surface area contributed by atoms with Crippen LogP contribution >= 0.6 is 0 Å². The van der Waals surface area contributed by atoms with Gasteiger partial charge in [0, 0.05) is 13.1 Å². The van der Waals surface area contributed by atoms with Gasteiger partial charge in [0.05, 0.1) is 18.8 Å². The first-order valence-electron chi connectivity index (χ1n) is 4.44. The van der Waals surface area contributed by atoms with Crippen LogP contribution in [0.3, 0.4) is 0 Å². The number of hydrogen-bond acceptors (Lipinski definition) is 5. The Balaban J connectivity index is 2.68. The topological polar surface area (TPSA) is 84.2 Å². The first kappa shape index (κ1) is 11.4. The van der Waals surface area contributed by atoms with Gasteiger partial charge in [-0.2, -0.15) is 0 Å². The predicted octanol–water partition coefficient (Wildman–Crippen LogP) is -2.62. The molecule has 1 heterocycles. The Hall–Kier alpha value is -0.640. The highest BCUT2D eigenvalue weighted by atomic mass is 16.4. The Morgan fingerprint density at radius 1 is 1.07 bits per heavy atom. The summed E-state index contributed by atoms with van der Waals surface area (Å²) in [5.74, 6) is 2.38. The Bertz CT molecular complexity index is 211. The van der Waals surface area contributed by atoms with Gasteiger partial charge in [0.2, 0.25) is 0 Å². The van der Waals surface area contributed by atoms with Gasteiger partial charge in [-0.15, -0.1) is 6.42 Å². The summed E-state index contributed by atoms with van der Waals surface area (Å²) < 4.78 is 0. The van der Waals surface area contributed by atoms with Gasteiger partial charge >= 0.3 is 0 Å². The lowest BCUT2D eigenvalue weighted by Crippen LogP contribution is -2.43. The molecule has 1 saturated heterocycles. The van der Waals surface area contributed by atoms with Crippen molar-refractivity contribution in [3.8, 4) is 12.3 Å². The molecule has 0 amide bonds. The maximum absolute atomic E-state index is 9.41. The van der Waals surface area contributed by atoms with E-state index in [0.29, 0.717) is 0 Å². The number of hydrogen-bond donors (Lipinski definition) is 4. The number of aliphatic hydroxyl groups is 4. The third-order valence-corrected chi connectivity index (χ3v) is 2.34. The Morgan fingerprint density at radius 3 is 1.86 bits per heavy atom. The number of aliphatic hydroxyl groups excluding tert-OH is 4. The molecule has 0 aromatic rings. The Kier molecular flexibility index (Phi) is 3.86. The highest BCUT2D eigenvalue weighted by molar-refractivity contribution is 4.94. The van der Waals surface area contributed by atoms with Crippen molar-refractivity contribution in [1.82, 2.24) is 4.90 Å². The summed E-state index contributed by atoms with van der Waals surface area (Å²) in [6.45, 7) is 0.576. The van der Waals surface area contributed by atoms with E-state index in [9.17, 15) is 20.4 Å². The van der Waals surface area contributed by atoms with Crippen LogP contribution in [0.4, 0.5) is 0 Å². The average Bonchev–Trinajstić information content (AvgIpc) is 2.21. The van der Waals surface area contributed by atoms with Crippen molar-refractivity contribution in [2.75, 3.05) is 19.6 Å². The lowest BCUT2D eigenvalue weighted by molar-refractivity contribution is -0.0894. The summed E-state index contributed by atoms with van der Waals surface area (Å²) >= 11 is 0. The third kappa shape index (κ3) is 2.44. The summed E-state index contributed by atoms with van der Waals surface area (Å²) in [7, 11) is 0. The minimum Gasteiger partial charge on any atom is -0.389 e. The van der Waals surface area contributed by atoms with Crippen molar-refractivity contribution >= 4 is 0 Å². The molecule has 0 radical (unpaired) electrons. The van der Waals surface area contributed by atoms with Gasteiger partial charge in [0.1, 0.15) is 12.2 Å². The maximum atomic E-state index is 9.41. The van der Waals surface area contributed by atoms with E-state index in [-0.39, 0.29) is 19.6 Å². The van der Waals surface area contributed by atoms with E-state index >= 15 is 0 Å². The van der Waals surface area contributed by atoms with Crippen molar-refractivity contribution in [2.45, 2.75) is 24.4 Å². The minimum absolute atomic E-state index is 0.152. The zero-order valence-corrected chi connectivity index (χ0v) is 7.74. The van der Waals surface area contributed by atoms with E-state index in [0.717, 1.165) is 0 Å². The fourth-order valence-corrected chi connectivity index (χ4v) is 1.53. The lowest BCUT2D eigenvalue weighted by Gasteiger charge is -2.21. The molecule has 0 unspecified atom stereocenters. The molecule has 5 heteroatoms. The van der Waals surface area contributed by atoms with Gasteiger partial charge in [0.25, 0.3) is 0 Å². The molecule has 0 spiro atoms. The molecular weight excluding hydrogens is 186 g/mol. The number of β-amino-alcohol motifs (C(OH)–C–C–N with tert-alkyl or cyclic N) is 2. The fourth-order valence-electron chi connectivity index (χ4n) is 1.53. The highest BCUT2D eigenvalue weighted by Gasteiger charge is 2.35. The van der Waals surface area contributed by atoms with Crippen molar-refractivity contribution < 1.29 is 20.4 Å². The third-order valence-electron chi connectivity index (χ3n) is 2.34. The molecule has 0 bridgehead atoms. The van der Waals surface area contributed by atoms with E-state index in [1.54, 1.807) is 4.90 Å². The monoisotopic (exact) mass is 201 g/mol. The molecule has 4 atom stereocenters. The van der Waals surface area contributed by atoms with E-state index in [1.165, 1.54) is 0 Å². The van der Waals surface area contributed by atoms with Crippen LogP contribution in [0, 0.1) is 12.3 Å². The van der Waals surface area contributed by atoms with Gasteiger partial charge in [-0.25, -0.2) is 0 Å². The minimum atomic E-state index is -1.33. The molecule has 14 heavy (non-hydrogen) atoms. The van der Waals surface area contributed by atoms with Gasteiger partial charge < -0.3 is 20.4 Å². The molecule has 0 saturated carbocycles. The van der Waals surface area contributed by atoms with Crippen LogP contribution in [0.25, 0.3) is 0 Å². The lowest BCUT2D eigenvalue weighted by atomic mass is 10.1. The molecule has 1 fully saturated rings. The van der Waals surface area contributed by atoms with Crippen molar-refractivity contribution in [2.24, 2.45) is 0 Å². The number of rotatable bonds is 1. The molecule has 5 nitrogen and oxygen atoms in total. The zero-order valence-electron chi connectivity index (χ0n) is 7.74. The molecule has 1 rings (SSSR count). The number of terminal acetylenes is 1. The van der Waals surface area contributed by atoms with Crippen molar-refractivity contribution in [3.05, 3.63) is 0 Å². The maximum Gasteiger partial charge on any atom is 0.110 e. The Morgan fingerprint density at radius 2 is 1.50 bits per heavy atom. The van der Waals surface area contributed by atoms with E-state index in [1.807, 2.05) is 0 Å². The van der Waals surface area contributed by atoms with Crippen LogP contribution in [0.5, 0.6) is 0 Å². The summed E-state index contributed by atoms with van der Waals surface area (Å²) in [5.41, 5.74) is 0. The van der Waals surface area contributed by atoms with Gasteiger partial charge in [-0.05, 0) is 0 Å². The quantitative estimate of drug-likeness (QED) is 0.349. The smallest absolute Gasteiger partial charge is 0.110 e. The molecule has 80 valence electrons. The van der Waals surface area contributed by atoms with Crippen molar-refractivity contribution in [1.29, 1.82) is 0 Å². The average molecular weight is 201 g/mol. The van der Waals surface area contributed by atoms with Crippen LogP contribution in [0.15, 0.2) is 0 Å². The molecule has 0 aliphatic carbocycles. The molecule has 0 aromatic heterocycles. The second-order valence-corrected chi connectivity index (χ2v) is 3.51. The molecule has 1 aliphatic rings. The first-order chi connectivity index (χ1) is 6.56. The van der Waals surface area contributed by atoms with Gasteiger partial charge in [-0.1, -0.05) is 5.92 Å². The highest BCUT2D eigenvalue weighted by Crippen LogP contribution is 2.12. The Labute approximate surface area is 82.6 Å².